The minimum absolute atomic E-state index is 0.233. The van der Waals surface area contributed by atoms with Crippen LogP contribution in [0, 0.1) is 17.3 Å². The molecule has 2 aliphatic heterocycles. The van der Waals surface area contributed by atoms with Crippen LogP contribution in [0.2, 0.25) is 0 Å². The lowest BCUT2D eigenvalue weighted by Gasteiger charge is -2.42. The van der Waals surface area contributed by atoms with E-state index >= 15 is 0 Å². The Hall–Kier alpha value is -0.210. The summed E-state index contributed by atoms with van der Waals surface area (Å²) in [4.78, 5) is 2.39. The van der Waals surface area contributed by atoms with Crippen LogP contribution in [0.25, 0.3) is 0 Å². The van der Waals surface area contributed by atoms with Crippen molar-refractivity contribution in [1.29, 1.82) is 0 Å². The van der Waals surface area contributed by atoms with Crippen molar-refractivity contribution in [3.63, 3.8) is 0 Å². The Morgan fingerprint density at radius 3 is 2.39 bits per heavy atom. The molecule has 1 saturated carbocycles. The molecule has 1 spiro atoms. The second-order valence-electron chi connectivity index (χ2n) is 7.93. The highest BCUT2D eigenvalue weighted by molar-refractivity contribution is 7.86. The van der Waals surface area contributed by atoms with Crippen molar-refractivity contribution in [2.75, 3.05) is 60.5 Å². The Morgan fingerprint density at radius 1 is 1.17 bits per heavy atom. The molecule has 3 rings (SSSR count). The van der Waals surface area contributed by atoms with E-state index in [-0.39, 0.29) is 5.41 Å². The molecule has 7 heteroatoms. The second-order valence-corrected chi connectivity index (χ2v) is 10.1. The summed E-state index contributed by atoms with van der Waals surface area (Å²) in [5.74, 6) is 1.34. The summed E-state index contributed by atoms with van der Waals surface area (Å²) in [6, 6.07) is 0. The Balaban J connectivity index is 1.59. The van der Waals surface area contributed by atoms with Crippen molar-refractivity contribution >= 4 is 10.2 Å². The smallest absolute Gasteiger partial charge is 0.281 e. The molecule has 0 aromatic rings. The lowest BCUT2D eigenvalue weighted by Crippen LogP contribution is -2.50. The van der Waals surface area contributed by atoms with Crippen LogP contribution in [0.5, 0.6) is 0 Å². The SMILES string of the molecule is CN1CC(COCC2CC2)C2(CCN(S(=O)(=O)N(C)C)CC2)C1. The maximum absolute atomic E-state index is 12.3. The van der Waals surface area contributed by atoms with E-state index in [1.54, 1.807) is 18.4 Å². The van der Waals surface area contributed by atoms with Crippen molar-refractivity contribution in [3.8, 4) is 0 Å². The van der Waals surface area contributed by atoms with Gasteiger partial charge in [-0.25, -0.2) is 0 Å². The van der Waals surface area contributed by atoms with Gasteiger partial charge in [0.05, 0.1) is 6.61 Å². The molecule has 2 saturated heterocycles. The molecule has 0 amide bonds. The minimum Gasteiger partial charge on any atom is -0.381 e. The number of hydrogen-bond acceptors (Lipinski definition) is 4. The Morgan fingerprint density at radius 2 is 1.83 bits per heavy atom. The van der Waals surface area contributed by atoms with E-state index in [9.17, 15) is 8.42 Å². The van der Waals surface area contributed by atoms with Gasteiger partial charge >= 0.3 is 0 Å². The van der Waals surface area contributed by atoms with Crippen molar-refractivity contribution in [3.05, 3.63) is 0 Å². The molecule has 0 N–H and O–H groups in total. The number of piperidine rings is 1. The van der Waals surface area contributed by atoms with Gasteiger partial charge in [0.1, 0.15) is 0 Å². The Labute approximate surface area is 140 Å². The molecule has 134 valence electrons. The molecule has 1 unspecified atom stereocenters. The molecular formula is C16H31N3O3S. The predicted octanol–water partition coefficient (Wildman–Crippen LogP) is 0.863. The summed E-state index contributed by atoms with van der Waals surface area (Å²) in [6.07, 6.45) is 4.55. The van der Waals surface area contributed by atoms with Gasteiger partial charge in [-0.1, -0.05) is 0 Å². The monoisotopic (exact) mass is 345 g/mol. The molecule has 1 atom stereocenters. The molecular weight excluding hydrogens is 314 g/mol. The minimum atomic E-state index is -3.28. The molecule has 1 aliphatic carbocycles. The van der Waals surface area contributed by atoms with Crippen molar-refractivity contribution < 1.29 is 13.2 Å². The van der Waals surface area contributed by atoms with Crippen molar-refractivity contribution in [2.45, 2.75) is 25.7 Å². The average Bonchev–Trinajstić information content (AvgIpc) is 3.25. The first-order valence-electron chi connectivity index (χ1n) is 8.77. The third kappa shape index (κ3) is 3.74. The van der Waals surface area contributed by atoms with Gasteiger partial charge in [0.2, 0.25) is 0 Å². The van der Waals surface area contributed by atoms with Gasteiger partial charge in [0.15, 0.2) is 0 Å². The molecule has 2 heterocycles. The van der Waals surface area contributed by atoms with Crippen LogP contribution in [0.1, 0.15) is 25.7 Å². The van der Waals surface area contributed by atoms with Gasteiger partial charge in [0.25, 0.3) is 10.2 Å². The molecule has 0 radical (unpaired) electrons. The van der Waals surface area contributed by atoms with Crippen LogP contribution in [-0.2, 0) is 14.9 Å². The Bertz CT molecular complexity index is 511. The highest BCUT2D eigenvalue weighted by Gasteiger charge is 2.48. The zero-order chi connectivity index (χ0) is 16.7. The summed E-state index contributed by atoms with van der Waals surface area (Å²) < 4.78 is 33.6. The number of rotatable bonds is 6. The maximum Gasteiger partial charge on any atom is 0.281 e. The Kier molecular flexibility index (Phi) is 5.05. The summed E-state index contributed by atoms with van der Waals surface area (Å²) in [5, 5.41) is 0. The summed E-state index contributed by atoms with van der Waals surface area (Å²) in [5.41, 5.74) is 0.233. The molecule has 23 heavy (non-hydrogen) atoms. The summed E-state index contributed by atoms with van der Waals surface area (Å²) in [7, 11) is 2.11. The maximum atomic E-state index is 12.3. The quantitative estimate of drug-likeness (QED) is 0.717. The van der Waals surface area contributed by atoms with E-state index in [0.29, 0.717) is 19.0 Å². The fraction of sp³-hybridized carbons (Fsp3) is 1.00. The summed E-state index contributed by atoms with van der Waals surface area (Å²) in [6.45, 7) is 5.16. The third-order valence-electron chi connectivity index (χ3n) is 5.86. The van der Waals surface area contributed by atoms with Crippen LogP contribution < -0.4 is 0 Å². The molecule has 0 aromatic carbocycles. The lowest BCUT2D eigenvalue weighted by atomic mass is 9.71. The van der Waals surface area contributed by atoms with E-state index in [4.69, 9.17) is 4.74 Å². The van der Waals surface area contributed by atoms with Crippen LogP contribution in [0.4, 0.5) is 0 Å². The van der Waals surface area contributed by atoms with Crippen molar-refractivity contribution in [2.24, 2.45) is 17.3 Å². The fourth-order valence-electron chi connectivity index (χ4n) is 4.15. The first-order valence-corrected chi connectivity index (χ1v) is 10.2. The van der Waals surface area contributed by atoms with Crippen LogP contribution >= 0.6 is 0 Å². The van der Waals surface area contributed by atoms with Crippen LogP contribution in [0.15, 0.2) is 0 Å². The number of nitrogens with zero attached hydrogens (tertiary/aromatic N) is 3. The normalized spacial score (nSPS) is 29.7. The highest BCUT2D eigenvalue weighted by atomic mass is 32.2. The van der Waals surface area contributed by atoms with Crippen LogP contribution in [-0.4, -0.2) is 82.5 Å². The number of ether oxygens (including phenoxy) is 1. The van der Waals surface area contributed by atoms with E-state index in [1.165, 1.54) is 17.1 Å². The fourth-order valence-corrected chi connectivity index (χ4v) is 5.26. The highest BCUT2D eigenvalue weighted by Crippen LogP contribution is 2.45. The van der Waals surface area contributed by atoms with E-state index < -0.39 is 10.2 Å². The zero-order valence-electron chi connectivity index (χ0n) is 14.7. The lowest BCUT2D eigenvalue weighted by molar-refractivity contribution is 0.0303. The number of likely N-dealkylation sites (tertiary alicyclic amines) is 1. The molecule has 3 aliphatic rings. The standard InChI is InChI=1S/C16H31N3O3S/c1-17(2)23(20,21)19-8-6-16(7-9-19)13-18(3)10-15(16)12-22-11-14-4-5-14/h14-15H,4-13H2,1-3H3. The molecule has 6 nitrogen and oxygen atoms in total. The van der Waals surface area contributed by atoms with E-state index in [0.717, 1.165) is 45.1 Å². The van der Waals surface area contributed by atoms with E-state index in [1.807, 2.05) is 0 Å². The third-order valence-corrected chi connectivity index (χ3v) is 7.80. The topological polar surface area (TPSA) is 53.1 Å². The van der Waals surface area contributed by atoms with Gasteiger partial charge in [-0.2, -0.15) is 17.0 Å². The number of hydrogen-bond donors (Lipinski definition) is 0. The van der Waals surface area contributed by atoms with Gasteiger partial charge in [-0.05, 0) is 44.1 Å². The van der Waals surface area contributed by atoms with Gasteiger partial charge in [-0.3, -0.25) is 0 Å². The first kappa shape index (κ1) is 17.6. The first-order chi connectivity index (χ1) is 10.8. The molecule has 0 aromatic heterocycles. The zero-order valence-corrected chi connectivity index (χ0v) is 15.5. The van der Waals surface area contributed by atoms with Crippen molar-refractivity contribution in [1.82, 2.24) is 13.5 Å². The van der Waals surface area contributed by atoms with Gasteiger partial charge < -0.3 is 9.64 Å². The van der Waals surface area contributed by atoms with E-state index in [2.05, 4.69) is 11.9 Å². The molecule has 0 bridgehead atoms. The predicted molar refractivity (Wildman–Crippen MR) is 90.4 cm³/mol. The summed E-state index contributed by atoms with van der Waals surface area (Å²) >= 11 is 0. The molecule has 3 fully saturated rings. The second kappa shape index (κ2) is 6.59. The average molecular weight is 346 g/mol. The largest absolute Gasteiger partial charge is 0.381 e. The van der Waals surface area contributed by atoms with Gasteiger partial charge in [0, 0.05) is 52.8 Å². The van der Waals surface area contributed by atoms with Crippen LogP contribution in [0.3, 0.4) is 0 Å². The van der Waals surface area contributed by atoms with Gasteiger partial charge in [-0.15, -0.1) is 0 Å².